The summed E-state index contributed by atoms with van der Waals surface area (Å²) in [6.07, 6.45) is 7.83. The van der Waals surface area contributed by atoms with Gasteiger partial charge in [-0.2, -0.15) is 0 Å². The molecule has 0 spiro atoms. The average molecular weight is 288 g/mol. The highest BCUT2D eigenvalue weighted by Gasteiger charge is 2.25. The Hall–Kier alpha value is -1.35. The normalized spacial score (nSPS) is 26.3. The van der Waals surface area contributed by atoms with E-state index in [1.807, 2.05) is 12.1 Å². The molecular formula is C18H24O3. The van der Waals surface area contributed by atoms with Crippen molar-refractivity contribution in [1.29, 1.82) is 0 Å². The minimum absolute atomic E-state index is 0.384. The van der Waals surface area contributed by atoms with E-state index in [-0.39, 0.29) is 0 Å². The number of carboxylic acids is 1. The van der Waals surface area contributed by atoms with Crippen LogP contribution < -0.4 is 0 Å². The lowest BCUT2D eigenvalue weighted by Gasteiger charge is -2.31. The highest BCUT2D eigenvalue weighted by Crippen LogP contribution is 2.38. The van der Waals surface area contributed by atoms with Crippen molar-refractivity contribution in [2.75, 3.05) is 13.2 Å². The van der Waals surface area contributed by atoms with Crippen molar-refractivity contribution >= 4 is 5.97 Å². The molecule has 2 fully saturated rings. The van der Waals surface area contributed by atoms with Crippen molar-refractivity contribution in [2.45, 2.75) is 44.4 Å². The fourth-order valence-corrected chi connectivity index (χ4v) is 3.60. The monoisotopic (exact) mass is 288 g/mol. The minimum Gasteiger partial charge on any atom is -0.478 e. The van der Waals surface area contributed by atoms with E-state index in [1.54, 1.807) is 12.1 Å². The van der Waals surface area contributed by atoms with E-state index in [9.17, 15) is 4.79 Å². The molecule has 3 heteroatoms. The average Bonchev–Trinajstić information content (AvgIpc) is 2.46. The molecule has 0 atom stereocenters. The summed E-state index contributed by atoms with van der Waals surface area (Å²) in [7, 11) is 0. The van der Waals surface area contributed by atoms with Gasteiger partial charge in [-0.1, -0.05) is 18.6 Å². The minimum atomic E-state index is -0.842. The van der Waals surface area contributed by atoms with Crippen LogP contribution in [-0.4, -0.2) is 24.3 Å². The third-order valence-electron chi connectivity index (χ3n) is 5.17. The van der Waals surface area contributed by atoms with E-state index in [2.05, 4.69) is 0 Å². The molecule has 2 aliphatic rings. The maximum Gasteiger partial charge on any atom is 0.335 e. The first-order valence-corrected chi connectivity index (χ1v) is 8.13. The van der Waals surface area contributed by atoms with Crippen LogP contribution in [0.15, 0.2) is 24.3 Å². The van der Waals surface area contributed by atoms with Crippen LogP contribution in [0.2, 0.25) is 0 Å². The molecule has 0 amide bonds. The van der Waals surface area contributed by atoms with E-state index in [1.165, 1.54) is 44.1 Å². The number of benzene rings is 1. The molecule has 1 heterocycles. The molecule has 1 aromatic rings. The number of aromatic carboxylic acids is 1. The zero-order chi connectivity index (χ0) is 14.7. The molecule has 0 aromatic heterocycles. The molecule has 1 saturated carbocycles. The van der Waals surface area contributed by atoms with Gasteiger partial charge in [-0.3, -0.25) is 0 Å². The number of rotatable bonds is 5. The van der Waals surface area contributed by atoms with Gasteiger partial charge < -0.3 is 9.84 Å². The quantitative estimate of drug-likeness (QED) is 0.887. The summed E-state index contributed by atoms with van der Waals surface area (Å²) in [4.78, 5) is 10.9. The molecule has 114 valence electrons. The predicted molar refractivity (Wildman–Crippen MR) is 81.6 cm³/mol. The van der Waals surface area contributed by atoms with Gasteiger partial charge in [0.1, 0.15) is 0 Å². The van der Waals surface area contributed by atoms with Crippen molar-refractivity contribution < 1.29 is 14.6 Å². The van der Waals surface area contributed by atoms with E-state index in [0.717, 1.165) is 25.0 Å². The topological polar surface area (TPSA) is 46.5 Å². The number of hydrogen-bond acceptors (Lipinski definition) is 2. The molecule has 1 aliphatic carbocycles. The predicted octanol–water partition coefficient (Wildman–Crippen LogP) is 4.09. The zero-order valence-electron chi connectivity index (χ0n) is 12.5. The summed E-state index contributed by atoms with van der Waals surface area (Å²) in [5.41, 5.74) is 1.70. The van der Waals surface area contributed by atoms with E-state index in [4.69, 9.17) is 9.84 Å². The molecular weight excluding hydrogens is 264 g/mol. The summed E-state index contributed by atoms with van der Waals surface area (Å²) in [6, 6.07) is 7.47. The van der Waals surface area contributed by atoms with E-state index in [0.29, 0.717) is 11.5 Å². The van der Waals surface area contributed by atoms with Gasteiger partial charge in [0, 0.05) is 5.92 Å². The van der Waals surface area contributed by atoms with Crippen molar-refractivity contribution in [1.82, 2.24) is 0 Å². The number of carbonyl (C=O) groups is 1. The zero-order valence-corrected chi connectivity index (χ0v) is 12.5. The van der Waals surface area contributed by atoms with Crippen LogP contribution in [0.4, 0.5) is 0 Å². The maximum atomic E-state index is 10.9. The van der Waals surface area contributed by atoms with Crippen LogP contribution in [0.5, 0.6) is 0 Å². The molecule has 0 radical (unpaired) electrons. The van der Waals surface area contributed by atoms with Crippen molar-refractivity contribution in [3.05, 3.63) is 35.4 Å². The van der Waals surface area contributed by atoms with Crippen LogP contribution in [0.25, 0.3) is 0 Å². The second-order valence-corrected chi connectivity index (χ2v) is 6.63. The largest absolute Gasteiger partial charge is 0.478 e. The molecule has 1 saturated heterocycles. The third-order valence-corrected chi connectivity index (χ3v) is 5.17. The van der Waals surface area contributed by atoms with Crippen molar-refractivity contribution in [3.63, 3.8) is 0 Å². The number of ether oxygens (including phenoxy) is 1. The second kappa shape index (κ2) is 6.61. The summed E-state index contributed by atoms with van der Waals surface area (Å²) in [5, 5.41) is 8.94. The van der Waals surface area contributed by atoms with Gasteiger partial charge in [0.05, 0.1) is 18.8 Å². The van der Waals surface area contributed by atoms with Gasteiger partial charge in [-0.15, -0.1) is 0 Å². The van der Waals surface area contributed by atoms with Gasteiger partial charge in [0.15, 0.2) is 0 Å². The first-order chi connectivity index (χ1) is 10.2. The van der Waals surface area contributed by atoms with Gasteiger partial charge in [0.2, 0.25) is 0 Å². The highest BCUT2D eigenvalue weighted by atomic mass is 16.5. The Balaban J connectivity index is 1.47. The molecule has 3 rings (SSSR count). The van der Waals surface area contributed by atoms with Crippen LogP contribution in [0.3, 0.4) is 0 Å². The summed E-state index contributed by atoms with van der Waals surface area (Å²) < 4.78 is 5.23. The lowest BCUT2D eigenvalue weighted by molar-refractivity contribution is -0.0385. The Morgan fingerprint density at radius 2 is 1.62 bits per heavy atom. The SMILES string of the molecule is O=C(O)c1ccc(C2CCC(CCC3COC3)CC2)cc1. The Kier molecular flexibility index (Phi) is 4.59. The Bertz CT molecular complexity index is 468. The molecule has 0 bridgehead atoms. The molecule has 3 nitrogen and oxygen atoms in total. The fraction of sp³-hybridized carbons (Fsp3) is 0.611. The van der Waals surface area contributed by atoms with Gasteiger partial charge >= 0.3 is 5.97 Å². The second-order valence-electron chi connectivity index (χ2n) is 6.63. The maximum absolute atomic E-state index is 10.9. The number of hydrogen-bond donors (Lipinski definition) is 1. The van der Waals surface area contributed by atoms with Gasteiger partial charge in [-0.25, -0.2) is 4.79 Å². The summed E-state index contributed by atoms with van der Waals surface area (Å²) in [6.45, 7) is 1.95. The smallest absolute Gasteiger partial charge is 0.335 e. The highest BCUT2D eigenvalue weighted by molar-refractivity contribution is 5.87. The van der Waals surface area contributed by atoms with E-state index < -0.39 is 5.97 Å². The van der Waals surface area contributed by atoms with Gasteiger partial charge in [-0.05, 0) is 61.6 Å². The number of carboxylic acid groups (broad SMARTS) is 1. The van der Waals surface area contributed by atoms with Crippen molar-refractivity contribution in [3.8, 4) is 0 Å². The Labute approximate surface area is 126 Å². The fourth-order valence-electron chi connectivity index (χ4n) is 3.60. The van der Waals surface area contributed by atoms with Crippen LogP contribution >= 0.6 is 0 Å². The van der Waals surface area contributed by atoms with Crippen LogP contribution in [-0.2, 0) is 4.74 Å². The lowest BCUT2D eigenvalue weighted by atomic mass is 9.76. The lowest BCUT2D eigenvalue weighted by Crippen LogP contribution is -2.28. The summed E-state index contributed by atoms with van der Waals surface area (Å²) >= 11 is 0. The first-order valence-electron chi connectivity index (χ1n) is 8.13. The van der Waals surface area contributed by atoms with E-state index >= 15 is 0 Å². The molecule has 0 unspecified atom stereocenters. The molecule has 1 aromatic carbocycles. The van der Waals surface area contributed by atoms with Crippen LogP contribution in [0.1, 0.15) is 60.4 Å². The summed E-state index contributed by atoms with van der Waals surface area (Å²) in [5.74, 6) is 1.49. The van der Waals surface area contributed by atoms with Crippen molar-refractivity contribution in [2.24, 2.45) is 11.8 Å². The first kappa shape index (κ1) is 14.6. The third kappa shape index (κ3) is 3.65. The Morgan fingerprint density at radius 1 is 1.00 bits per heavy atom. The molecule has 1 aliphatic heterocycles. The standard InChI is InChI=1S/C18H24O3/c19-18(20)17-9-7-16(8-10-17)15-5-3-13(4-6-15)1-2-14-11-21-12-14/h7-10,13-15H,1-6,11-12H2,(H,19,20). The van der Waals surface area contributed by atoms with Crippen LogP contribution in [0, 0.1) is 11.8 Å². The molecule has 1 N–H and O–H groups in total. The van der Waals surface area contributed by atoms with Gasteiger partial charge in [0.25, 0.3) is 0 Å². The molecule has 21 heavy (non-hydrogen) atoms. The Morgan fingerprint density at radius 3 is 2.14 bits per heavy atom.